The van der Waals surface area contributed by atoms with Crippen LogP contribution >= 0.6 is 12.2 Å². The van der Waals surface area contributed by atoms with E-state index in [0.29, 0.717) is 17.2 Å². The summed E-state index contributed by atoms with van der Waals surface area (Å²) in [4.78, 5) is 12.1. The summed E-state index contributed by atoms with van der Waals surface area (Å²) >= 11 is 5.19. The number of rotatable bonds is 5. The quantitative estimate of drug-likeness (QED) is 0.808. The summed E-state index contributed by atoms with van der Waals surface area (Å²) in [5.74, 6) is 1.44. The summed E-state index contributed by atoms with van der Waals surface area (Å²) in [6.45, 7) is 10.7. The molecule has 1 aromatic rings. The molecule has 0 aliphatic heterocycles. The molecular weight excluding hydrogens is 248 g/mol. The normalized spacial score (nSPS) is 13.1. The summed E-state index contributed by atoms with van der Waals surface area (Å²) < 4.78 is 2.28. The van der Waals surface area contributed by atoms with E-state index in [1.165, 1.54) is 0 Å². The van der Waals surface area contributed by atoms with E-state index < -0.39 is 0 Å². The lowest BCUT2D eigenvalue weighted by Crippen LogP contribution is -2.34. The van der Waals surface area contributed by atoms with Gasteiger partial charge in [-0.1, -0.05) is 27.7 Å². The SMILES string of the molecule is CC(C)CNC(=O)C(C)n1c(C(C)C)n[nH]c1=S. The summed E-state index contributed by atoms with van der Waals surface area (Å²) in [5.41, 5.74) is 0. The number of amides is 1. The molecule has 1 rings (SSSR count). The van der Waals surface area contributed by atoms with E-state index in [-0.39, 0.29) is 17.9 Å². The number of carbonyl (C=O) groups excluding carboxylic acids is 1. The van der Waals surface area contributed by atoms with Crippen molar-refractivity contribution < 1.29 is 4.79 Å². The van der Waals surface area contributed by atoms with Crippen LogP contribution in [0.15, 0.2) is 0 Å². The standard InChI is InChI=1S/C12H22N4OS/c1-7(2)6-13-11(17)9(5)16-10(8(3)4)14-15-12(16)18/h7-9H,6H2,1-5H3,(H,13,17)(H,15,18). The molecule has 1 unspecified atom stereocenters. The van der Waals surface area contributed by atoms with Gasteiger partial charge in [0.15, 0.2) is 4.77 Å². The zero-order valence-electron chi connectivity index (χ0n) is 11.7. The van der Waals surface area contributed by atoms with Gasteiger partial charge in [-0.2, -0.15) is 5.10 Å². The molecule has 1 atom stereocenters. The van der Waals surface area contributed by atoms with Crippen LogP contribution in [0, 0.1) is 10.7 Å². The molecule has 5 nitrogen and oxygen atoms in total. The van der Waals surface area contributed by atoms with Crippen molar-refractivity contribution in [3.8, 4) is 0 Å². The Balaban J connectivity index is 2.89. The maximum absolute atomic E-state index is 12.1. The highest BCUT2D eigenvalue weighted by molar-refractivity contribution is 7.71. The van der Waals surface area contributed by atoms with Crippen LogP contribution in [0.4, 0.5) is 0 Å². The molecule has 102 valence electrons. The Morgan fingerprint density at radius 2 is 2.00 bits per heavy atom. The second kappa shape index (κ2) is 6.13. The second-order valence-electron chi connectivity index (χ2n) is 5.23. The number of hydrogen-bond acceptors (Lipinski definition) is 3. The Morgan fingerprint density at radius 1 is 1.39 bits per heavy atom. The maximum Gasteiger partial charge on any atom is 0.242 e. The lowest BCUT2D eigenvalue weighted by atomic mass is 10.2. The van der Waals surface area contributed by atoms with Crippen molar-refractivity contribution in [2.24, 2.45) is 5.92 Å². The highest BCUT2D eigenvalue weighted by Crippen LogP contribution is 2.17. The Bertz CT molecular complexity index is 461. The fourth-order valence-electron chi connectivity index (χ4n) is 1.67. The molecule has 0 saturated carbocycles. The van der Waals surface area contributed by atoms with Crippen molar-refractivity contribution in [1.82, 2.24) is 20.1 Å². The molecule has 6 heteroatoms. The summed E-state index contributed by atoms with van der Waals surface area (Å²) in [5, 5.41) is 9.85. The zero-order chi connectivity index (χ0) is 13.9. The summed E-state index contributed by atoms with van der Waals surface area (Å²) in [6, 6.07) is -0.340. The van der Waals surface area contributed by atoms with Gasteiger partial charge in [0.2, 0.25) is 5.91 Å². The van der Waals surface area contributed by atoms with Gasteiger partial charge in [0.25, 0.3) is 0 Å². The minimum absolute atomic E-state index is 0.0249. The second-order valence-corrected chi connectivity index (χ2v) is 5.61. The van der Waals surface area contributed by atoms with Gasteiger partial charge in [0, 0.05) is 12.5 Å². The van der Waals surface area contributed by atoms with Crippen LogP contribution in [0.5, 0.6) is 0 Å². The third-order valence-electron chi connectivity index (χ3n) is 2.70. The maximum atomic E-state index is 12.1. The lowest BCUT2D eigenvalue weighted by molar-refractivity contribution is -0.124. The summed E-state index contributed by atoms with van der Waals surface area (Å²) in [6.07, 6.45) is 0. The number of aromatic nitrogens is 3. The van der Waals surface area contributed by atoms with E-state index in [1.54, 1.807) is 4.57 Å². The number of nitrogens with zero attached hydrogens (tertiary/aromatic N) is 2. The molecule has 0 saturated heterocycles. The van der Waals surface area contributed by atoms with Crippen LogP contribution in [0.1, 0.15) is 52.4 Å². The molecule has 0 fully saturated rings. The van der Waals surface area contributed by atoms with Crippen LogP contribution in [-0.4, -0.2) is 27.2 Å². The molecule has 0 radical (unpaired) electrons. The van der Waals surface area contributed by atoms with Crippen LogP contribution in [0.2, 0.25) is 0 Å². The average Bonchev–Trinajstić information content (AvgIpc) is 2.67. The van der Waals surface area contributed by atoms with Crippen molar-refractivity contribution in [3.05, 3.63) is 10.6 Å². The number of hydrogen-bond donors (Lipinski definition) is 2. The Hall–Kier alpha value is -1.17. The van der Waals surface area contributed by atoms with Gasteiger partial charge in [-0.25, -0.2) is 0 Å². The van der Waals surface area contributed by atoms with Crippen molar-refractivity contribution in [3.63, 3.8) is 0 Å². The van der Waals surface area contributed by atoms with Gasteiger partial charge in [0.1, 0.15) is 11.9 Å². The number of H-pyrrole nitrogens is 1. The number of nitrogens with one attached hydrogen (secondary N) is 2. The molecule has 0 aliphatic carbocycles. The molecule has 18 heavy (non-hydrogen) atoms. The minimum atomic E-state index is -0.340. The highest BCUT2D eigenvalue weighted by Gasteiger charge is 2.21. The molecule has 0 bridgehead atoms. The molecule has 1 amide bonds. The molecule has 0 aliphatic rings. The number of aromatic amines is 1. The smallest absolute Gasteiger partial charge is 0.242 e. The van der Waals surface area contributed by atoms with E-state index in [4.69, 9.17) is 12.2 Å². The van der Waals surface area contributed by atoms with Crippen LogP contribution in [0.3, 0.4) is 0 Å². The van der Waals surface area contributed by atoms with Crippen molar-refractivity contribution in [2.45, 2.75) is 46.6 Å². The van der Waals surface area contributed by atoms with Gasteiger partial charge in [0.05, 0.1) is 0 Å². The average molecular weight is 270 g/mol. The molecule has 2 N–H and O–H groups in total. The lowest BCUT2D eigenvalue weighted by Gasteiger charge is -2.17. The first kappa shape index (κ1) is 14.9. The predicted octanol–water partition coefficient (Wildman–Crippen LogP) is 2.40. The highest BCUT2D eigenvalue weighted by atomic mass is 32.1. The Labute approximate surface area is 113 Å². The first-order valence-electron chi connectivity index (χ1n) is 6.29. The van der Waals surface area contributed by atoms with Crippen LogP contribution < -0.4 is 5.32 Å². The van der Waals surface area contributed by atoms with E-state index in [2.05, 4.69) is 29.4 Å². The van der Waals surface area contributed by atoms with E-state index in [1.807, 2.05) is 20.8 Å². The molecular formula is C12H22N4OS. The first-order chi connectivity index (χ1) is 8.34. The van der Waals surface area contributed by atoms with E-state index >= 15 is 0 Å². The van der Waals surface area contributed by atoms with Crippen molar-refractivity contribution >= 4 is 18.1 Å². The number of carbonyl (C=O) groups is 1. The summed E-state index contributed by atoms with van der Waals surface area (Å²) in [7, 11) is 0. The Morgan fingerprint density at radius 3 is 2.50 bits per heavy atom. The predicted molar refractivity (Wildman–Crippen MR) is 74.1 cm³/mol. The molecule has 0 spiro atoms. The third-order valence-corrected chi connectivity index (χ3v) is 2.99. The first-order valence-corrected chi connectivity index (χ1v) is 6.70. The topological polar surface area (TPSA) is 62.7 Å². The monoisotopic (exact) mass is 270 g/mol. The molecule has 1 heterocycles. The van der Waals surface area contributed by atoms with Gasteiger partial charge >= 0.3 is 0 Å². The molecule has 1 aromatic heterocycles. The van der Waals surface area contributed by atoms with Gasteiger partial charge in [-0.05, 0) is 25.1 Å². The third kappa shape index (κ3) is 3.41. The largest absolute Gasteiger partial charge is 0.354 e. The fourth-order valence-corrected chi connectivity index (χ4v) is 1.97. The Kier molecular flexibility index (Phi) is 5.07. The zero-order valence-corrected chi connectivity index (χ0v) is 12.5. The van der Waals surface area contributed by atoms with Gasteiger partial charge < -0.3 is 5.32 Å². The van der Waals surface area contributed by atoms with E-state index in [0.717, 1.165) is 5.82 Å². The van der Waals surface area contributed by atoms with E-state index in [9.17, 15) is 4.79 Å². The van der Waals surface area contributed by atoms with Crippen LogP contribution in [-0.2, 0) is 4.79 Å². The molecule has 0 aromatic carbocycles. The van der Waals surface area contributed by atoms with Gasteiger partial charge in [-0.3, -0.25) is 14.5 Å². The van der Waals surface area contributed by atoms with Crippen molar-refractivity contribution in [2.75, 3.05) is 6.54 Å². The minimum Gasteiger partial charge on any atom is -0.354 e. The van der Waals surface area contributed by atoms with Crippen molar-refractivity contribution in [1.29, 1.82) is 0 Å². The van der Waals surface area contributed by atoms with Gasteiger partial charge in [-0.15, -0.1) is 0 Å². The fraction of sp³-hybridized carbons (Fsp3) is 0.750. The van der Waals surface area contributed by atoms with Crippen LogP contribution in [0.25, 0.3) is 0 Å².